The molecule has 6 heteroatoms. The molecule has 0 aromatic rings. The standard InChI is InChI=1S/C15H19NO5/c1-14(2)9-6-5-8(7-16)15(9,13(19)21-4)10(11(14)17)12(18)20-3/h8-9,17H,5-6H2,1-4H3/t8-,9-,15+/m1/s1. The predicted molar refractivity (Wildman–Crippen MR) is 71.7 cm³/mol. The fourth-order valence-corrected chi connectivity index (χ4v) is 4.08. The van der Waals surface area contributed by atoms with Crippen molar-refractivity contribution in [3.63, 3.8) is 0 Å². The van der Waals surface area contributed by atoms with E-state index >= 15 is 0 Å². The number of ether oxygens (including phenoxy) is 2. The van der Waals surface area contributed by atoms with Gasteiger partial charge in [-0.3, -0.25) is 4.79 Å². The van der Waals surface area contributed by atoms with Crippen LogP contribution in [0.3, 0.4) is 0 Å². The number of allylic oxidation sites excluding steroid dienone is 1. The smallest absolute Gasteiger partial charge is 0.338 e. The zero-order valence-electron chi connectivity index (χ0n) is 12.6. The van der Waals surface area contributed by atoms with Crippen molar-refractivity contribution in [3.05, 3.63) is 11.3 Å². The summed E-state index contributed by atoms with van der Waals surface area (Å²) in [5.74, 6) is -2.70. The molecule has 2 aliphatic rings. The fraction of sp³-hybridized carbons (Fsp3) is 0.667. The van der Waals surface area contributed by atoms with Crippen LogP contribution >= 0.6 is 0 Å². The van der Waals surface area contributed by atoms with E-state index in [2.05, 4.69) is 6.07 Å². The molecule has 1 saturated carbocycles. The van der Waals surface area contributed by atoms with Gasteiger partial charge in [-0.25, -0.2) is 4.79 Å². The molecule has 1 fully saturated rings. The van der Waals surface area contributed by atoms with Crippen LogP contribution in [0.5, 0.6) is 0 Å². The Bertz CT molecular complexity index is 571. The Hall–Kier alpha value is -2.03. The maximum Gasteiger partial charge on any atom is 0.338 e. The minimum absolute atomic E-state index is 0.115. The molecule has 1 N–H and O–H groups in total. The van der Waals surface area contributed by atoms with Gasteiger partial charge >= 0.3 is 11.9 Å². The first-order valence-corrected chi connectivity index (χ1v) is 6.80. The minimum atomic E-state index is -1.44. The second-order valence-electron chi connectivity index (χ2n) is 6.11. The Kier molecular flexibility index (Phi) is 3.48. The number of methoxy groups -OCH3 is 2. The van der Waals surface area contributed by atoms with Crippen LogP contribution in [0.15, 0.2) is 11.3 Å². The number of carbonyl (C=O) groups excluding carboxylic acids is 2. The van der Waals surface area contributed by atoms with E-state index < -0.39 is 28.7 Å². The molecule has 2 aliphatic carbocycles. The van der Waals surface area contributed by atoms with E-state index in [9.17, 15) is 20.0 Å². The molecule has 0 unspecified atom stereocenters. The third-order valence-electron chi connectivity index (χ3n) is 5.04. The lowest BCUT2D eigenvalue weighted by Crippen LogP contribution is -2.44. The van der Waals surface area contributed by atoms with Crippen LogP contribution in [-0.2, 0) is 19.1 Å². The van der Waals surface area contributed by atoms with Gasteiger partial charge in [-0.15, -0.1) is 0 Å². The van der Waals surface area contributed by atoms with E-state index in [0.29, 0.717) is 12.8 Å². The highest BCUT2D eigenvalue weighted by molar-refractivity contribution is 6.01. The van der Waals surface area contributed by atoms with Crippen molar-refractivity contribution < 1.29 is 24.2 Å². The first kappa shape index (κ1) is 15.4. The number of nitriles is 1. The molecule has 0 radical (unpaired) electrons. The number of aliphatic hydroxyl groups is 1. The number of fused-ring (bicyclic) bond motifs is 1. The first-order valence-electron chi connectivity index (χ1n) is 6.80. The van der Waals surface area contributed by atoms with Gasteiger partial charge in [0.2, 0.25) is 0 Å². The van der Waals surface area contributed by atoms with E-state index in [1.54, 1.807) is 13.8 Å². The second kappa shape index (κ2) is 4.76. The Balaban J connectivity index is 2.79. The van der Waals surface area contributed by atoms with E-state index in [0.717, 1.165) is 0 Å². The summed E-state index contributed by atoms with van der Waals surface area (Å²) in [5, 5.41) is 19.9. The van der Waals surface area contributed by atoms with Crippen LogP contribution in [0.25, 0.3) is 0 Å². The van der Waals surface area contributed by atoms with Crippen molar-refractivity contribution in [1.82, 2.24) is 0 Å². The topological polar surface area (TPSA) is 96.6 Å². The minimum Gasteiger partial charge on any atom is -0.511 e. The molecular formula is C15H19NO5. The lowest BCUT2D eigenvalue weighted by atomic mass is 9.66. The number of esters is 2. The first-order chi connectivity index (χ1) is 9.79. The molecular weight excluding hydrogens is 274 g/mol. The average molecular weight is 293 g/mol. The summed E-state index contributed by atoms with van der Waals surface area (Å²) in [7, 11) is 2.41. The van der Waals surface area contributed by atoms with E-state index in [4.69, 9.17) is 9.47 Å². The molecule has 0 heterocycles. The largest absolute Gasteiger partial charge is 0.511 e. The zero-order valence-corrected chi connectivity index (χ0v) is 12.6. The molecule has 0 aromatic carbocycles. The summed E-state index contributed by atoms with van der Waals surface area (Å²) >= 11 is 0. The van der Waals surface area contributed by atoms with Crippen LogP contribution in [0.1, 0.15) is 26.7 Å². The molecule has 0 bridgehead atoms. The lowest BCUT2D eigenvalue weighted by Gasteiger charge is -2.35. The van der Waals surface area contributed by atoms with Crippen molar-refractivity contribution in [2.75, 3.05) is 14.2 Å². The average Bonchev–Trinajstić information content (AvgIpc) is 2.93. The van der Waals surface area contributed by atoms with E-state index in [-0.39, 0.29) is 17.3 Å². The lowest BCUT2D eigenvalue weighted by molar-refractivity contribution is -0.157. The SMILES string of the molecule is COC(=O)C1=C(O)C(C)(C)[C@H]2CC[C@H](C#N)[C@@]12C(=O)OC. The molecule has 2 rings (SSSR count). The van der Waals surface area contributed by atoms with Crippen LogP contribution < -0.4 is 0 Å². The van der Waals surface area contributed by atoms with Crippen LogP contribution in [0.4, 0.5) is 0 Å². The van der Waals surface area contributed by atoms with Crippen LogP contribution in [0, 0.1) is 34.0 Å². The predicted octanol–water partition coefficient (Wildman–Crippen LogP) is 1.72. The van der Waals surface area contributed by atoms with Gasteiger partial charge in [0.15, 0.2) is 0 Å². The Morgan fingerprint density at radius 1 is 1.29 bits per heavy atom. The summed E-state index contributed by atoms with van der Waals surface area (Å²) in [6, 6.07) is 2.10. The quantitative estimate of drug-likeness (QED) is 0.779. The highest BCUT2D eigenvalue weighted by Gasteiger charge is 2.71. The normalized spacial score (nSPS) is 33.3. The highest BCUT2D eigenvalue weighted by Crippen LogP contribution is 2.66. The molecule has 0 amide bonds. The van der Waals surface area contributed by atoms with Crippen molar-refractivity contribution in [2.24, 2.45) is 22.7 Å². The molecule has 6 nitrogen and oxygen atoms in total. The van der Waals surface area contributed by atoms with Crippen LogP contribution in [0.2, 0.25) is 0 Å². The number of hydrogen-bond donors (Lipinski definition) is 1. The number of carbonyl (C=O) groups is 2. The third-order valence-corrected chi connectivity index (χ3v) is 5.04. The van der Waals surface area contributed by atoms with Crippen LogP contribution in [-0.4, -0.2) is 31.3 Å². The van der Waals surface area contributed by atoms with Gasteiger partial charge in [0.05, 0.1) is 31.8 Å². The van der Waals surface area contributed by atoms with Crippen molar-refractivity contribution >= 4 is 11.9 Å². The summed E-state index contributed by atoms with van der Waals surface area (Å²) in [6.45, 7) is 3.53. The Morgan fingerprint density at radius 2 is 1.90 bits per heavy atom. The second-order valence-corrected chi connectivity index (χ2v) is 6.11. The van der Waals surface area contributed by atoms with Crippen molar-refractivity contribution in [1.29, 1.82) is 5.26 Å². The Labute approximate surface area is 123 Å². The molecule has 21 heavy (non-hydrogen) atoms. The summed E-state index contributed by atoms with van der Waals surface area (Å²) in [6.07, 6.45) is 1.04. The molecule has 0 aliphatic heterocycles. The summed E-state index contributed by atoms with van der Waals surface area (Å²) in [5.41, 5.74) is -2.34. The molecule has 0 spiro atoms. The van der Waals surface area contributed by atoms with Gasteiger partial charge < -0.3 is 14.6 Å². The number of rotatable bonds is 2. The van der Waals surface area contributed by atoms with E-state index in [1.165, 1.54) is 14.2 Å². The van der Waals surface area contributed by atoms with E-state index in [1.807, 2.05) is 0 Å². The van der Waals surface area contributed by atoms with Gasteiger partial charge in [0.1, 0.15) is 11.2 Å². The molecule has 0 aromatic heterocycles. The number of hydrogen-bond acceptors (Lipinski definition) is 6. The Morgan fingerprint density at radius 3 is 2.38 bits per heavy atom. The molecule has 0 saturated heterocycles. The number of aliphatic hydroxyl groups excluding tert-OH is 1. The van der Waals surface area contributed by atoms with Gasteiger partial charge in [-0.2, -0.15) is 5.26 Å². The monoisotopic (exact) mass is 293 g/mol. The van der Waals surface area contributed by atoms with Gasteiger partial charge in [-0.1, -0.05) is 13.8 Å². The summed E-state index contributed by atoms with van der Waals surface area (Å²) < 4.78 is 9.64. The van der Waals surface area contributed by atoms with Gasteiger partial charge in [0, 0.05) is 5.41 Å². The highest BCUT2D eigenvalue weighted by atomic mass is 16.5. The zero-order chi connectivity index (χ0) is 16.0. The van der Waals surface area contributed by atoms with Gasteiger partial charge in [-0.05, 0) is 18.8 Å². The fourth-order valence-electron chi connectivity index (χ4n) is 4.08. The maximum absolute atomic E-state index is 12.5. The molecule has 3 atom stereocenters. The number of nitrogens with zero attached hydrogens (tertiary/aromatic N) is 1. The summed E-state index contributed by atoms with van der Waals surface area (Å²) in [4.78, 5) is 24.7. The third kappa shape index (κ3) is 1.63. The van der Waals surface area contributed by atoms with Crippen molar-refractivity contribution in [2.45, 2.75) is 26.7 Å². The van der Waals surface area contributed by atoms with Crippen molar-refractivity contribution in [3.8, 4) is 6.07 Å². The van der Waals surface area contributed by atoms with Gasteiger partial charge in [0.25, 0.3) is 0 Å². The molecule has 114 valence electrons. The maximum atomic E-state index is 12.5.